The molecule has 0 bridgehead atoms. The first-order valence-corrected chi connectivity index (χ1v) is 5.98. The Morgan fingerprint density at radius 1 is 1.50 bits per heavy atom. The zero-order valence-corrected chi connectivity index (χ0v) is 9.59. The van der Waals surface area contributed by atoms with Crippen LogP contribution in [0.15, 0.2) is 0 Å². The molecule has 16 heavy (non-hydrogen) atoms. The van der Waals surface area contributed by atoms with Crippen molar-refractivity contribution in [3.63, 3.8) is 0 Å². The molecule has 0 unspecified atom stereocenters. The molecule has 1 heterocycles. The van der Waals surface area contributed by atoms with Crippen LogP contribution < -0.4 is 5.32 Å². The predicted molar refractivity (Wildman–Crippen MR) is 59.3 cm³/mol. The molecular formula is C9H14N2O4S. The Hall–Kier alpha value is -1.24. The first-order valence-electron chi connectivity index (χ1n) is 5.00. The van der Waals surface area contributed by atoms with E-state index >= 15 is 0 Å². The lowest BCUT2D eigenvalue weighted by Gasteiger charge is -2.13. The number of rotatable bonds is 6. The van der Waals surface area contributed by atoms with E-state index in [0.29, 0.717) is 19.5 Å². The minimum atomic E-state index is -0.875. The number of carboxylic acids is 1. The van der Waals surface area contributed by atoms with E-state index in [-0.39, 0.29) is 24.1 Å². The molecule has 0 aromatic rings. The summed E-state index contributed by atoms with van der Waals surface area (Å²) in [7, 11) is 0. The quantitative estimate of drug-likeness (QED) is 0.651. The fourth-order valence-corrected chi connectivity index (χ4v) is 2.09. The summed E-state index contributed by atoms with van der Waals surface area (Å²) in [4.78, 5) is 34.2. The monoisotopic (exact) mass is 246 g/mol. The molecule has 0 aliphatic carbocycles. The van der Waals surface area contributed by atoms with Gasteiger partial charge in [-0.1, -0.05) is 11.8 Å². The van der Waals surface area contributed by atoms with E-state index < -0.39 is 5.97 Å². The van der Waals surface area contributed by atoms with Gasteiger partial charge in [-0.05, 0) is 6.42 Å². The smallest absolute Gasteiger partial charge is 0.303 e. The molecule has 2 N–H and O–H groups in total. The van der Waals surface area contributed by atoms with Gasteiger partial charge in [0.15, 0.2) is 0 Å². The second kappa shape index (κ2) is 6.37. The number of hydrogen-bond acceptors (Lipinski definition) is 4. The fourth-order valence-electron chi connectivity index (χ4n) is 1.27. The number of nitrogens with zero attached hydrogens (tertiary/aromatic N) is 1. The van der Waals surface area contributed by atoms with Crippen molar-refractivity contribution < 1.29 is 19.5 Å². The zero-order valence-electron chi connectivity index (χ0n) is 8.77. The Morgan fingerprint density at radius 2 is 2.25 bits per heavy atom. The van der Waals surface area contributed by atoms with E-state index in [1.54, 1.807) is 0 Å². The van der Waals surface area contributed by atoms with Crippen LogP contribution in [0.3, 0.4) is 0 Å². The van der Waals surface area contributed by atoms with Crippen LogP contribution in [0, 0.1) is 0 Å². The van der Waals surface area contributed by atoms with Gasteiger partial charge in [0.25, 0.3) is 5.24 Å². The SMILES string of the molecule is O=C(O)CCCNC(=O)CN1CCSC1=O. The van der Waals surface area contributed by atoms with Gasteiger partial charge < -0.3 is 15.3 Å². The highest BCUT2D eigenvalue weighted by molar-refractivity contribution is 8.13. The maximum absolute atomic E-state index is 11.3. The topological polar surface area (TPSA) is 86.7 Å². The molecule has 90 valence electrons. The molecule has 1 rings (SSSR count). The van der Waals surface area contributed by atoms with E-state index in [4.69, 9.17) is 5.11 Å². The summed E-state index contributed by atoms with van der Waals surface area (Å²) >= 11 is 1.21. The summed E-state index contributed by atoms with van der Waals surface area (Å²) in [6.45, 7) is 1.01. The Morgan fingerprint density at radius 3 is 2.81 bits per heavy atom. The fraction of sp³-hybridized carbons (Fsp3) is 0.667. The van der Waals surface area contributed by atoms with E-state index in [0.717, 1.165) is 5.75 Å². The second-order valence-electron chi connectivity index (χ2n) is 3.38. The molecule has 6 nitrogen and oxygen atoms in total. The maximum Gasteiger partial charge on any atom is 0.303 e. The number of thioether (sulfide) groups is 1. The van der Waals surface area contributed by atoms with Gasteiger partial charge in [-0.25, -0.2) is 0 Å². The van der Waals surface area contributed by atoms with Gasteiger partial charge in [-0.2, -0.15) is 0 Å². The molecule has 0 radical (unpaired) electrons. The highest BCUT2D eigenvalue weighted by Crippen LogP contribution is 2.16. The summed E-state index contributed by atoms with van der Waals surface area (Å²) in [5.74, 6) is -0.382. The average Bonchev–Trinajstić information content (AvgIpc) is 2.59. The summed E-state index contributed by atoms with van der Waals surface area (Å²) in [6.07, 6.45) is 0.447. The number of carbonyl (C=O) groups excluding carboxylic acids is 2. The van der Waals surface area contributed by atoms with Crippen molar-refractivity contribution in [3.05, 3.63) is 0 Å². The number of amides is 2. The summed E-state index contributed by atoms with van der Waals surface area (Å²) in [5.41, 5.74) is 0. The summed E-state index contributed by atoms with van der Waals surface area (Å²) < 4.78 is 0. The third-order valence-corrected chi connectivity index (χ3v) is 2.96. The molecule has 0 spiro atoms. The standard InChI is InChI=1S/C9H14N2O4S/c12-7(10-3-1-2-8(13)14)6-11-4-5-16-9(11)15/h1-6H2,(H,10,12)(H,13,14). The Labute approximate surface area is 97.4 Å². The predicted octanol–water partition coefficient (Wildman–Crippen LogP) is 0.136. The van der Waals surface area contributed by atoms with Crippen LogP contribution >= 0.6 is 11.8 Å². The first kappa shape index (κ1) is 12.8. The molecule has 0 aromatic heterocycles. The third kappa shape index (κ3) is 4.52. The van der Waals surface area contributed by atoms with Gasteiger partial charge in [-0.3, -0.25) is 14.4 Å². The number of carbonyl (C=O) groups is 3. The molecular weight excluding hydrogens is 232 g/mol. The minimum absolute atomic E-state index is 0.0405. The molecule has 1 fully saturated rings. The minimum Gasteiger partial charge on any atom is -0.481 e. The van der Waals surface area contributed by atoms with E-state index in [9.17, 15) is 14.4 Å². The van der Waals surface area contributed by atoms with E-state index in [2.05, 4.69) is 5.32 Å². The van der Waals surface area contributed by atoms with Crippen LogP contribution in [-0.2, 0) is 9.59 Å². The molecule has 1 aliphatic rings. The summed E-state index contributed by atoms with van der Waals surface area (Å²) in [5, 5.41) is 10.9. The molecule has 0 saturated carbocycles. The lowest BCUT2D eigenvalue weighted by atomic mass is 10.3. The van der Waals surface area contributed by atoms with Crippen LogP contribution in [0.4, 0.5) is 4.79 Å². The van der Waals surface area contributed by atoms with Gasteiger partial charge in [0.2, 0.25) is 5.91 Å². The molecule has 2 amide bonds. The number of aliphatic carboxylic acids is 1. The number of carboxylic acid groups (broad SMARTS) is 1. The first-order chi connectivity index (χ1) is 7.59. The Bertz CT molecular complexity index is 295. The van der Waals surface area contributed by atoms with Crippen LogP contribution in [-0.4, -0.2) is 52.5 Å². The second-order valence-corrected chi connectivity index (χ2v) is 4.43. The molecule has 1 aliphatic heterocycles. The number of hydrogen-bond donors (Lipinski definition) is 2. The van der Waals surface area contributed by atoms with Crippen LogP contribution in [0.25, 0.3) is 0 Å². The maximum atomic E-state index is 11.3. The van der Waals surface area contributed by atoms with Crippen molar-refractivity contribution in [3.8, 4) is 0 Å². The normalized spacial score (nSPS) is 15.2. The van der Waals surface area contributed by atoms with Gasteiger partial charge in [-0.15, -0.1) is 0 Å². The Kier molecular flexibility index (Phi) is 5.10. The third-order valence-electron chi connectivity index (χ3n) is 2.07. The van der Waals surface area contributed by atoms with E-state index in [1.165, 1.54) is 16.7 Å². The van der Waals surface area contributed by atoms with Crippen LogP contribution in [0.5, 0.6) is 0 Å². The highest BCUT2D eigenvalue weighted by atomic mass is 32.2. The lowest BCUT2D eigenvalue weighted by molar-refractivity contribution is -0.137. The number of nitrogens with one attached hydrogen (secondary N) is 1. The van der Waals surface area contributed by atoms with Crippen LogP contribution in [0.2, 0.25) is 0 Å². The molecule has 0 aromatic carbocycles. The van der Waals surface area contributed by atoms with Crippen molar-refractivity contribution in [2.24, 2.45) is 0 Å². The van der Waals surface area contributed by atoms with Crippen LogP contribution in [0.1, 0.15) is 12.8 Å². The summed E-state index contributed by atoms with van der Waals surface area (Å²) in [6, 6.07) is 0. The van der Waals surface area contributed by atoms with Gasteiger partial charge in [0.1, 0.15) is 6.54 Å². The zero-order chi connectivity index (χ0) is 12.0. The van der Waals surface area contributed by atoms with Gasteiger partial charge >= 0.3 is 5.97 Å². The molecule has 0 atom stereocenters. The van der Waals surface area contributed by atoms with Crippen molar-refractivity contribution >= 4 is 28.9 Å². The van der Waals surface area contributed by atoms with Crippen molar-refractivity contribution in [2.45, 2.75) is 12.8 Å². The molecule has 1 saturated heterocycles. The highest BCUT2D eigenvalue weighted by Gasteiger charge is 2.22. The van der Waals surface area contributed by atoms with E-state index in [1.807, 2.05) is 0 Å². The van der Waals surface area contributed by atoms with Crippen molar-refractivity contribution in [1.29, 1.82) is 0 Å². The van der Waals surface area contributed by atoms with Crippen molar-refractivity contribution in [2.75, 3.05) is 25.4 Å². The Balaban J connectivity index is 2.11. The van der Waals surface area contributed by atoms with Gasteiger partial charge in [0, 0.05) is 25.3 Å². The van der Waals surface area contributed by atoms with Gasteiger partial charge in [0.05, 0.1) is 0 Å². The van der Waals surface area contributed by atoms with Crippen molar-refractivity contribution in [1.82, 2.24) is 10.2 Å². The molecule has 7 heteroatoms. The average molecular weight is 246 g/mol. The lowest BCUT2D eigenvalue weighted by Crippen LogP contribution is -2.37. The largest absolute Gasteiger partial charge is 0.481 e.